The summed E-state index contributed by atoms with van der Waals surface area (Å²) in [7, 11) is 3.07. The van der Waals surface area contributed by atoms with Crippen LogP contribution in [0, 0.1) is 13.8 Å². The van der Waals surface area contributed by atoms with Crippen LogP contribution in [0.15, 0.2) is 48.5 Å². The molecule has 0 saturated carbocycles. The molecule has 7 nitrogen and oxygen atoms in total. The van der Waals surface area contributed by atoms with Gasteiger partial charge in [0.1, 0.15) is 5.75 Å². The minimum atomic E-state index is -0.257. The molecule has 1 amide bonds. The van der Waals surface area contributed by atoms with Gasteiger partial charge in [-0.1, -0.05) is 0 Å². The van der Waals surface area contributed by atoms with E-state index in [4.69, 9.17) is 14.2 Å². The zero-order valence-electron chi connectivity index (χ0n) is 16.1. The summed E-state index contributed by atoms with van der Waals surface area (Å²) in [5.74, 6) is 1.38. The van der Waals surface area contributed by atoms with Crippen molar-refractivity contribution >= 4 is 11.6 Å². The summed E-state index contributed by atoms with van der Waals surface area (Å²) < 4.78 is 16.1. The van der Waals surface area contributed by atoms with Crippen LogP contribution in [-0.2, 0) is 0 Å². The maximum Gasteiger partial charge on any atom is 0.322 e. The Hall–Kier alpha value is -3.61. The third kappa shape index (κ3) is 4.56. The SMILES string of the molecule is COc1ccc(C(=O)Nc2ccc(Oc3nc(C)cc(C)n3)cc2)cc1OC. The van der Waals surface area contributed by atoms with Crippen molar-refractivity contribution in [2.75, 3.05) is 19.5 Å². The second kappa shape index (κ2) is 8.39. The fraction of sp³-hybridized carbons (Fsp3) is 0.190. The van der Waals surface area contributed by atoms with Crippen LogP contribution in [0.25, 0.3) is 0 Å². The molecule has 0 aliphatic carbocycles. The van der Waals surface area contributed by atoms with Gasteiger partial charge in [-0.05, 0) is 62.4 Å². The topological polar surface area (TPSA) is 82.6 Å². The molecule has 0 saturated heterocycles. The summed E-state index contributed by atoms with van der Waals surface area (Å²) >= 11 is 0. The summed E-state index contributed by atoms with van der Waals surface area (Å²) in [4.78, 5) is 21.0. The number of aromatic nitrogens is 2. The number of amides is 1. The summed E-state index contributed by atoms with van der Waals surface area (Å²) in [6, 6.07) is 14.1. The van der Waals surface area contributed by atoms with Crippen LogP contribution in [0.1, 0.15) is 21.7 Å². The molecule has 1 N–H and O–H groups in total. The van der Waals surface area contributed by atoms with Crippen molar-refractivity contribution in [3.05, 3.63) is 65.5 Å². The first-order valence-corrected chi connectivity index (χ1v) is 8.62. The number of nitrogens with one attached hydrogen (secondary N) is 1. The molecule has 0 spiro atoms. The fourth-order valence-corrected chi connectivity index (χ4v) is 2.63. The number of methoxy groups -OCH3 is 2. The lowest BCUT2D eigenvalue weighted by Gasteiger charge is -2.10. The van der Waals surface area contributed by atoms with E-state index in [9.17, 15) is 4.79 Å². The number of ether oxygens (including phenoxy) is 3. The van der Waals surface area contributed by atoms with Gasteiger partial charge in [-0.15, -0.1) is 0 Å². The average Bonchev–Trinajstić information content (AvgIpc) is 2.68. The van der Waals surface area contributed by atoms with E-state index in [1.54, 1.807) is 49.6 Å². The number of hydrogen-bond donors (Lipinski definition) is 1. The van der Waals surface area contributed by atoms with Crippen molar-refractivity contribution in [3.63, 3.8) is 0 Å². The number of anilines is 1. The van der Waals surface area contributed by atoms with Crippen LogP contribution in [0.5, 0.6) is 23.3 Å². The maximum absolute atomic E-state index is 12.5. The minimum absolute atomic E-state index is 0.257. The molecule has 1 heterocycles. The third-order valence-corrected chi connectivity index (χ3v) is 3.93. The summed E-state index contributed by atoms with van der Waals surface area (Å²) in [6.45, 7) is 3.77. The predicted molar refractivity (Wildman–Crippen MR) is 106 cm³/mol. The van der Waals surface area contributed by atoms with Crippen LogP contribution in [-0.4, -0.2) is 30.1 Å². The lowest BCUT2D eigenvalue weighted by molar-refractivity contribution is 0.102. The highest BCUT2D eigenvalue weighted by molar-refractivity contribution is 6.04. The lowest BCUT2D eigenvalue weighted by Crippen LogP contribution is -2.12. The number of hydrogen-bond acceptors (Lipinski definition) is 6. The number of carbonyl (C=O) groups excluding carboxylic acids is 1. The van der Waals surface area contributed by atoms with E-state index in [0.29, 0.717) is 34.5 Å². The predicted octanol–water partition coefficient (Wildman–Crippen LogP) is 4.16. The van der Waals surface area contributed by atoms with E-state index in [1.807, 2.05) is 19.9 Å². The van der Waals surface area contributed by atoms with E-state index in [-0.39, 0.29) is 5.91 Å². The average molecular weight is 379 g/mol. The highest BCUT2D eigenvalue weighted by Crippen LogP contribution is 2.28. The first-order chi connectivity index (χ1) is 13.5. The molecule has 2 aromatic carbocycles. The van der Waals surface area contributed by atoms with Gasteiger partial charge in [-0.3, -0.25) is 4.79 Å². The van der Waals surface area contributed by atoms with Crippen molar-refractivity contribution < 1.29 is 19.0 Å². The Morgan fingerprint density at radius 2 is 1.50 bits per heavy atom. The van der Waals surface area contributed by atoms with E-state index >= 15 is 0 Å². The molecule has 28 heavy (non-hydrogen) atoms. The van der Waals surface area contributed by atoms with Crippen LogP contribution in [0.2, 0.25) is 0 Å². The van der Waals surface area contributed by atoms with Crippen molar-refractivity contribution in [1.82, 2.24) is 9.97 Å². The highest BCUT2D eigenvalue weighted by atomic mass is 16.5. The van der Waals surface area contributed by atoms with Gasteiger partial charge in [0.25, 0.3) is 5.91 Å². The standard InChI is InChI=1S/C21H21N3O4/c1-13-11-14(2)23-21(22-13)28-17-8-6-16(7-9-17)24-20(25)15-5-10-18(26-3)19(12-15)27-4/h5-12H,1-4H3,(H,24,25). The first-order valence-electron chi connectivity index (χ1n) is 8.62. The Morgan fingerprint density at radius 1 is 0.857 bits per heavy atom. The zero-order valence-corrected chi connectivity index (χ0v) is 16.1. The number of rotatable bonds is 6. The Balaban J connectivity index is 1.69. The normalized spacial score (nSPS) is 10.3. The molecule has 3 aromatic rings. The Bertz CT molecular complexity index is 967. The van der Waals surface area contributed by atoms with E-state index in [2.05, 4.69) is 15.3 Å². The Labute approximate surface area is 163 Å². The second-order valence-electron chi connectivity index (χ2n) is 6.08. The molecule has 0 aliphatic heterocycles. The third-order valence-electron chi connectivity index (χ3n) is 3.93. The summed E-state index contributed by atoms with van der Waals surface area (Å²) in [5.41, 5.74) is 2.76. The van der Waals surface area contributed by atoms with Crippen molar-refractivity contribution in [2.45, 2.75) is 13.8 Å². The molecule has 3 rings (SSSR count). The van der Waals surface area contributed by atoms with E-state index in [0.717, 1.165) is 11.4 Å². The number of carbonyl (C=O) groups is 1. The maximum atomic E-state index is 12.5. The van der Waals surface area contributed by atoms with Gasteiger partial charge in [-0.25, -0.2) is 9.97 Å². The number of aryl methyl sites for hydroxylation is 2. The van der Waals surface area contributed by atoms with Crippen LogP contribution >= 0.6 is 0 Å². The molecular formula is C21H21N3O4. The Kier molecular flexibility index (Phi) is 5.74. The smallest absolute Gasteiger partial charge is 0.322 e. The molecule has 0 radical (unpaired) electrons. The van der Waals surface area contributed by atoms with Crippen molar-refractivity contribution in [2.24, 2.45) is 0 Å². The van der Waals surface area contributed by atoms with Gasteiger partial charge in [0.05, 0.1) is 14.2 Å². The quantitative estimate of drug-likeness (QED) is 0.693. The first kappa shape index (κ1) is 19.2. The van der Waals surface area contributed by atoms with Gasteiger partial charge >= 0.3 is 6.01 Å². The molecular weight excluding hydrogens is 358 g/mol. The monoisotopic (exact) mass is 379 g/mol. The molecule has 144 valence electrons. The second-order valence-corrected chi connectivity index (χ2v) is 6.08. The summed E-state index contributed by atoms with van der Waals surface area (Å²) in [6.07, 6.45) is 0. The van der Waals surface area contributed by atoms with Crippen molar-refractivity contribution in [1.29, 1.82) is 0 Å². The van der Waals surface area contributed by atoms with Gasteiger partial charge in [0, 0.05) is 22.6 Å². The number of nitrogens with zero attached hydrogens (tertiary/aromatic N) is 2. The highest BCUT2D eigenvalue weighted by Gasteiger charge is 2.11. The van der Waals surface area contributed by atoms with Crippen LogP contribution in [0.3, 0.4) is 0 Å². The molecule has 0 fully saturated rings. The minimum Gasteiger partial charge on any atom is -0.493 e. The van der Waals surface area contributed by atoms with Crippen molar-refractivity contribution in [3.8, 4) is 23.3 Å². The lowest BCUT2D eigenvalue weighted by atomic mass is 10.2. The summed E-state index contributed by atoms with van der Waals surface area (Å²) in [5, 5.41) is 2.83. The van der Waals surface area contributed by atoms with Crippen LogP contribution in [0.4, 0.5) is 5.69 Å². The number of benzene rings is 2. The largest absolute Gasteiger partial charge is 0.493 e. The molecule has 1 aromatic heterocycles. The van der Waals surface area contributed by atoms with Gasteiger partial charge < -0.3 is 19.5 Å². The van der Waals surface area contributed by atoms with Gasteiger partial charge in [-0.2, -0.15) is 0 Å². The van der Waals surface area contributed by atoms with E-state index < -0.39 is 0 Å². The molecule has 7 heteroatoms. The molecule has 0 bridgehead atoms. The molecule has 0 atom stereocenters. The molecule has 0 aliphatic rings. The van der Waals surface area contributed by atoms with Gasteiger partial charge in [0.15, 0.2) is 11.5 Å². The van der Waals surface area contributed by atoms with Crippen LogP contribution < -0.4 is 19.5 Å². The molecule has 0 unspecified atom stereocenters. The van der Waals surface area contributed by atoms with Gasteiger partial charge in [0.2, 0.25) is 0 Å². The van der Waals surface area contributed by atoms with E-state index in [1.165, 1.54) is 7.11 Å². The fourth-order valence-electron chi connectivity index (χ4n) is 2.63. The Morgan fingerprint density at radius 3 is 2.11 bits per heavy atom. The zero-order chi connectivity index (χ0) is 20.1.